The Morgan fingerprint density at radius 1 is 1.21 bits per heavy atom. The van der Waals surface area contributed by atoms with E-state index in [0.29, 0.717) is 11.4 Å². The van der Waals surface area contributed by atoms with Gasteiger partial charge in [-0.1, -0.05) is 24.3 Å². The summed E-state index contributed by atoms with van der Waals surface area (Å²) in [4.78, 5) is 2.88. The van der Waals surface area contributed by atoms with Crippen molar-refractivity contribution in [3.63, 3.8) is 0 Å². The van der Waals surface area contributed by atoms with Crippen LogP contribution in [0.25, 0.3) is 0 Å². The summed E-state index contributed by atoms with van der Waals surface area (Å²) in [5.74, 6) is 0. The fourth-order valence-electron chi connectivity index (χ4n) is 3.75. The first kappa shape index (κ1) is 17.6. The van der Waals surface area contributed by atoms with Crippen molar-refractivity contribution in [3.8, 4) is 0 Å². The quantitative estimate of drug-likeness (QED) is 0.767. The van der Waals surface area contributed by atoms with Crippen LogP contribution < -0.4 is 0 Å². The van der Waals surface area contributed by atoms with Crippen molar-refractivity contribution in [3.05, 3.63) is 42.0 Å². The lowest BCUT2D eigenvalue weighted by molar-refractivity contribution is 0.231. The summed E-state index contributed by atoms with van der Waals surface area (Å²) in [6.07, 6.45) is 5.03. The number of likely N-dealkylation sites (tertiary alicyclic amines) is 1. The van der Waals surface area contributed by atoms with Crippen molar-refractivity contribution in [1.29, 1.82) is 0 Å². The Balaban J connectivity index is 1.65. The van der Waals surface area contributed by atoms with Crippen molar-refractivity contribution in [2.24, 2.45) is 0 Å². The Bertz CT molecular complexity index is 689. The van der Waals surface area contributed by atoms with Gasteiger partial charge in [0.2, 0.25) is 10.0 Å². The standard InChI is InChI=1S/C19H28N2O2S/c1-16-8-12-20(13-9-16)14-10-18-6-4-11-21(18)24(22,23)19-7-3-5-17(2)15-19/h3,5,7,15,18H,1,4,6,8-14H2,2H3/t18-/m1/s1. The number of nitrogens with zero attached hydrogens (tertiary/aromatic N) is 2. The van der Waals surface area contributed by atoms with Gasteiger partial charge in [0, 0.05) is 25.7 Å². The van der Waals surface area contributed by atoms with Crippen LogP contribution in [0.2, 0.25) is 0 Å². The van der Waals surface area contributed by atoms with Crippen LogP contribution in [0.1, 0.15) is 37.7 Å². The molecule has 4 nitrogen and oxygen atoms in total. The van der Waals surface area contributed by atoms with Gasteiger partial charge < -0.3 is 4.90 Å². The molecule has 0 amide bonds. The molecule has 0 spiro atoms. The van der Waals surface area contributed by atoms with Gasteiger partial charge in [-0.05, 0) is 63.3 Å². The van der Waals surface area contributed by atoms with E-state index in [4.69, 9.17) is 0 Å². The van der Waals surface area contributed by atoms with Gasteiger partial charge in [0.1, 0.15) is 0 Å². The minimum absolute atomic E-state index is 0.139. The third-order valence-corrected chi connectivity index (χ3v) is 7.21. The van der Waals surface area contributed by atoms with Crippen LogP contribution in [0.15, 0.2) is 41.3 Å². The fourth-order valence-corrected chi connectivity index (χ4v) is 5.58. The van der Waals surface area contributed by atoms with Crippen molar-refractivity contribution >= 4 is 10.0 Å². The Hall–Kier alpha value is -1.17. The fraction of sp³-hybridized carbons (Fsp3) is 0.579. The summed E-state index contributed by atoms with van der Waals surface area (Å²) in [6, 6.07) is 7.40. The zero-order chi connectivity index (χ0) is 17.2. The minimum Gasteiger partial charge on any atom is -0.303 e. The monoisotopic (exact) mass is 348 g/mol. The lowest BCUT2D eigenvalue weighted by Crippen LogP contribution is -2.39. The summed E-state index contributed by atoms with van der Waals surface area (Å²) in [7, 11) is -3.37. The van der Waals surface area contributed by atoms with Gasteiger partial charge >= 0.3 is 0 Å². The van der Waals surface area contributed by atoms with Gasteiger partial charge in [-0.25, -0.2) is 8.42 Å². The zero-order valence-corrected chi connectivity index (χ0v) is 15.4. The highest BCUT2D eigenvalue weighted by Crippen LogP contribution is 2.28. The molecule has 3 rings (SSSR count). The number of aryl methyl sites for hydroxylation is 1. The van der Waals surface area contributed by atoms with E-state index in [-0.39, 0.29) is 6.04 Å². The van der Waals surface area contributed by atoms with Crippen LogP contribution in [0.5, 0.6) is 0 Å². The first-order chi connectivity index (χ1) is 11.5. The second-order valence-electron chi connectivity index (χ2n) is 7.11. The molecule has 0 radical (unpaired) electrons. The number of hydrogen-bond acceptors (Lipinski definition) is 3. The molecule has 0 aromatic heterocycles. The predicted molar refractivity (Wildman–Crippen MR) is 97.5 cm³/mol. The molecule has 0 N–H and O–H groups in total. The van der Waals surface area contributed by atoms with Crippen molar-refractivity contribution < 1.29 is 8.42 Å². The molecule has 2 saturated heterocycles. The molecule has 1 atom stereocenters. The number of piperidine rings is 1. The largest absolute Gasteiger partial charge is 0.303 e. The van der Waals surface area contributed by atoms with Crippen molar-refractivity contribution in [2.45, 2.75) is 50.0 Å². The second-order valence-corrected chi connectivity index (χ2v) is 9.00. The van der Waals surface area contributed by atoms with E-state index in [0.717, 1.165) is 57.3 Å². The average molecular weight is 349 g/mol. The van der Waals surface area contributed by atoms with E-state index >= 15 is 0 Å². The molecular weight excluding hydrogens is 320 g/mol. The first-order valence-corrected chi connectivity index (χ1v) is 10.4. The Labute approximate surface area is 146 Å². The number of hydrogen-bond donors (Lipinski definition) is 0. The van der Waals surface area contributed by atoms with E-state index in [2.05, 4.69) is 11.5 Å². The molecule has 1 aromatic carbocycles. The Kier molecular flexibility index (Phi) is 5.42. The molecule has 132 valence electrons. The maximum atomic E-state index is 13.0. The van der Waals surface area contributed by atoms with Gasteiger partial charge in [0.15, 0.2) is 0 Å². The lowest BCUT2D eigenvalue weighted by atomic mass is 10.1. The molecular formula is C19H28N2O2S. The number of benzene rings is 1. The smallest absolute Gasteiger partial charge is 0.243 e. The minimum atomic E-state index is -3.37. The highest BCUT2D eigenvalue weighted by Gasteiger charge is 2.35. The van der Waals surface area contributed by atoms with Crippen LogP contribution in [0, 0.1) is 6.92 Å². The maximum Gasteiger partial charge on any atom is 0.243 e. The molecule has 5 heteroatoms. The van der Waals surface area contributed by atoms with Crippen LogP contribution in [0.3, 0.4) is 0 Å². The van der Waals surface area contributed by atoms with Gasteiger partial charge in [-0.3, -0.25) is 0 Å². The first-order valence-electron chi connectivity index (χ1n) is 8.94. The molecule has 0 saturated carbocycles. The van der Waals surface area contributed by atoms with Crippen LogP contribution >= 0.6 is 0 Å². The zero-order valence-electron chi connectivity index (χ0n) is 14.6. The normalized spacial score (nSPS) is 23.7. The van der Waals surface area contributed by atoms with E-state index in [1.165, 1.54) is 5.57 Å². The predicted octanol–water partition coefficient (Wildman–Crippen LogP) is 3.19. The van der Waals surface area contributed by atoms with Crippen LogP contribution in [-0.2, 0) is 10.0 Å². The molecule has 2 aliphatic heterocycles. The summed E-state index contributed by atoms with van der Waals surface area (Å²) in [5, 5.41) is 0. The third kappa shape index (κ3) is 3.90. The van der Waals surface area contributed by atoms with Crippen molar-refractivity contribution in [2.75, 3.05) is 26.2 Å². The summed E-state index contributed by atoms with van der Waals surface area (Å²) < 4.78 is 27.7. The molecule has 24 heavy (non-hydrogen) atoms. The summed E-state index contributed by atoms with van der Waals surface area (Å²) >= 11 is 0. The molecule has 0 unspecified atom stereocenters. The van der Waals surface area contributed by atoms with Crippen molar-refractivity contribution in [1.82, 2.24) is 9.21 Å². The van der Waals surface area contributed by atoms with E-state index in [9.17, 15) is 8.42 Å². The molecule has 2 aliphatic rings. The van der Waals surface area contributed by atoms with E-state index in [1.807, 2.05) is 19.1 Å². The van der Waals surface area contributed by atoms with E-state index in [1.54, 1.807) is 16.4 Å². The number of sulfonamides is 1. The topological polar surface area (TPSA) is 40.6 Å². The highest BCUT2D eigenvalue weighted by atomic mass is 32.2. The van der Waals surface area contributed by atoms with Crippen LogP contribution in [0.4, 0.5) is 0 Å². The van der Waals surface area contributed by atoms with E-state index < -0.39 is 10.0 Å². The van der Waals surface area contributed by atoms with Gasteiger partial charge in [0.05, 0.1) is 4.90 Å². The molecule has 2 heterocycles. The van der Waals surface area contributed by atoms with Gasteiger partial charge in [0.25, 0.3) is 0 Å². The molecule has 0 aliphatic carbocycles. The maximum absolute atomic E-state index is 13.0. The highest BCUT2D eigenvalue weighted by molar-refractivity contribution is 7.89. The van der Waals surface area contributed by atoms with Gasteiger partial charge in [-0.2, -0.15) is 4.31 Å². The lowest BCUT2D eigenvalue weighted by Gasteiger charge is -2.30. The molecule has 2 fully saturated rings. The number of rotatable bonds is 5. The molecule has 1 aromatic rings. The van der Waals surface area contributed by atoms with Gasteiger partial charge in [-0.15, -0.1) is 0 Å². The molecule has 0 bridgehead atoms. The SMILES string of the molecule is C=C1CCN(CC[C@H]2CCCN2S(=O)(=O)c2cccc(C)c2)CC1. The second kappa shape index (κ2) is 7.38. The Morgan fingerprint density at radius 2 is 1.96 bits per heavy atom. The average Bonchev–Trinajstić information content (AvgIpc) is 3.04. The third-order valence-electron chi connectivity index (χ3n) is 5.26. The summed E-state index contributed by atoms with van der Waals surface area (Å²) in [6.45, 7) is 9.76. The van der Waals surface area contributed by atoms with Crippen LogP contribution in [-0.4, -0.2) is 49.8 Å². The Morgan fingerprint density at radius 3 is 2.67 bits per heavy atom. The summed E-state index contributed by atoms with van der Waals surface area (Å²) in [5.41, 5.74) is 2.33.